The summed E-state index contributed by atoms with van der Waals surface area (Å²) in [6.45, 7) is -0.208. The van der Waals surface area contributed by atoms with Crippen molar-refractivity contribution in [3.63, 3.8) is 0 Å². The number of nitrogens with one attached hydrogen (secondary N) is 1. The largest absolute Gasteiger partial charge is 0.454 e. The predicted octanol–water partition coefficient (Wildman–Crippen LogP) is 4.03. The first-order valence-electron chi connectivity index (χ1n) is 7.40. The number of carbonyl (C=O) groups is 2. The fourth-order valence-corrected chi connectivity index (χ4v) is 2.59. The Morgan fingerprint density at radius 3 is 2.28 bits per heavy atom. The molecule has 128 valence electrons. The van der Waals surface area contributed by atoms with Gasteiger partial charge in [-0.2, -0.15) is 13.2 Å². The molecule has 0 radical (unpaired) electrons. The third-order valence-electron chi connectivity index (χ3n) is 3.66. The van der Waals surface area contributed by atoms with E-state index in [2.05, 4.69) is 5.32 Å². The summed E-state index contributed by atoms with van der Waals surface area (Å²) in [5, 5.41) is 2.82. The number of amides is 1. The molecule has 0 unspecified atom stereocenters. The Morgan fingerprint density at radius 2 is 1.60 bits per heavy atom. The van der Waals surface area contributed by atoms with Crippen LogP contribution in [0.2, 0.25) is 0 Å². The standard InChI is InChI=1S/C18H13F3N2O2/c19-18(20,21)17(25)14-10-23(15-9-5-4-8-13(14)15)11-16(24)22-12-6-2-1-3-7-12/h1-10H,11H2,(H,22,24). The Kier molecular flexibility index (Phi) is 4.31. The number of fused-ring (bicyclic) bond motifs is 1. The zero-order valence-corrected chi connectivity index (χ0v) is 12.9. The lowest BCUT2D eigenvalue weighted by atomic mass is 10.1. The number of carbonyl (C=O) groups excluding carboxylic acids is 2. The van der Waals surface area contributed by atoms with Crippen LogP contribution in [0.5, 0.6) is 0 Å². The monoisotopic (exact) mass is 346 g/mol. The number of benzene rings is 2. The second-order valence-corrected chi connectivity index (χ2v) is 5.43. The Balaban J connectivity index is 1.92. The highest BCUT2D eigenvalue weighted by atomic mass is 19.4. The lowest BCUT2D eigenvalue weighted by Gasteiger charge is -2.07. The zero-order chi connectivity index (χ0) is 18.0. The minimum atomic E-state index is -4.97. The van der Waals surface area contributed by atoms with Gasteiger partial charge in [-0.05, 0) is 18.2 Å². The first-order chi connectivity index (χ1) is 11.9. The maximum absolute atomic E-state index is 12.8. The average molecular weight is 346 g/mol. The molecule has 0 spiro atoms. The first-order valence-corrected chi connectivity index (χ1v) is 7.40. The number of rotatable bonds is 4. The number of hydrogen-bond donors (Lipinski definition) is 1. The number of ketones is 1. The molecular formula is C18H13F3N2O2. The Bertz CT molecular complexity index is 930. The molecule has 0 aliphatic rings. The van der Waals surface area contributed by atoms with Crippen LogP contribution in [-0.4, -0.2) is 22.4 Å². The molecule has 1 aromatic heterocycles. The number of para-hydroxylation sites is 2. The van der Waals surface area contributed by atoms with E-state index in [-0.39, 0.29) is 11.9 Å². The first kappa shape index (κ1) is 16.8. The van der Waals surface area contributed by atoms with Gasteiger partial charge in [0, 0.05) is 22.8 Å². The highest BCUT2D eigenvalue weighted by Gasteiger charge is 2.40. The van der Waals surface area contributed by atoms with Gasteiger partial charge in [0.25, 0.3) is 5.78 Å². The van der Waals surface area contributed by atoms with Crippen molar-refractivity contribution < 1.29 is 22.8 Å². The third-order valence-corrected chi connectivity index (χ3v) is 3.66. The third kappa shape index (κ3) is 3.55. The SMILES string of the molecule is O=C(Cn1cc(C(=O)C(F)(F)F)c2ccccc21)Nc1ccccc1. The molecule has 25 heavy (non-hydrogen) atoms. The fraction of sp³-hybridized carbons (Fsp3) is 0.111. The molecule has 1 amide bonds. The molecule has 0 bridgehead atoms. The van der Waals surface area contributed by atoms with Crippen LogP contribution < -0.4 is 5.32 Å². The number of halogens is 3. The summed E-state index contributed by atoms with van der Waals surface area (Å²) in [6.07, 6.45) is -3.90. The van der Waals surface area contributed by atoms with E-state index in [4.69, 9.17) is 0 Å². The molecular weight excluding hydrogens is 333 g/mol. The number of aromatic nitrogens is 1. The van der Waals surface area contributed by atoms with E-state index in [1.165, 1.54) is 10.6 Å². The lowest BCUT2D eigenvalue weighted by molar-refractivity contribution is -0.116. The normalized spacial score (nSPS) is 11.5. The molecule has 0 aliphatic carbocycles. The number of hydrogen-bond acceptors (Lipinski definition) is 2. The second-order valence-electron chi connectivity index (χ2n) is 5.43. The van der Waals surface area contributed by atoms with Gasteiger partial charge in [0.2, 0.25) is 5.91 Å². The summed E-state index contributed by atoms with van der Waals surface area (Å²) >= 11 is 0. The molecule has 3 aromatic rings. The highest BCUT2D eigenvalue weighted by molar-refractivity contribution is 6.11. The van der Waals surface area contributed by atoms with Gasteiger partial charge in [0.1, 0.15) is 6.54 Å². The maximum atomic E-state index is 12.8. The molecule has 0 aliphatic heterocycles. The molecule has 3 rings (SSSR count). The van der Waals surface area contributed by atoms with Gasteiger partial charge in [-0.25, -0.2) is 0 Å². The van der Waals surface area contributed by atoms with Crippen molar-refractivity contribution in [1.29, 1.82) is 0 Å². The van der Waals surface area contributed by atoms with E-state index >= 15 is 0 Å². The molecule has 4 nitrogen and oxygen atoms in total. The Morgan fingerprint density at radius 1 is 0.960 bits per heavy atom. The fourth-order valence-electron chi connectivity index (χ4n) is 2.59. The van der Waals surface area contributed by atoms with Crippen molar-refractivity contribution >= 4 is 28.3 Å². The number of Topliss-reactive ketones (excluding diaryl/α,β-unsaturated/α-hetero) is 1. The molecule has 0 saturated heterocycles. The van der Waals surface area contributed by atoms with Gasteiger partial charge in [0.15, 0.2) is 0 Å². The summed E-state index contributed by atoms with van der Waals surface area (Å²) in [5.41, 5.74) is 0.504. The average Bonchev–Trinajstić information content (AvgIpc) is 2.93. The summed E-state index contributed by atoms with van der Waals surface area (Å²) in [5.74, 6) is -2.33. The molecule has 2 aromatic carbocycles. The highest BCUT2D eigenvalue weighted by Crippen LogP contribution is 2.28. The van der Waals surface area contributed by atoms with E-state index in [0.29, 0.717) is 11.2 Å². The van der Waals surface area contributed by atoms with Crippen molar-refractivity contribution in [2.24, 2.45) is 0 Å². The Labute approximate surface area is 140 Å². The Hall–Kier alpha value is -3.09. The van der Waals surface area contributed by atoms with Gasteiger partial charge >= 0.3 is 6.18 Å². The van der Waals surface area contributed by atoms with Crippen molar-refractivity contribution in [2.75, 3.05) is 5.32 Å². The van der Waals surface area contributed by atoms with Crippen LogP contribution in [0.25, 0.3) is 10.9 Å². The van der Waals surface area contributed by atoms with Crippen LogP contribution in [0, 0.1) is 0 Å². The van der Waals surface area contributed by atoms with Gasteiger partial charge in [-0.15, -0.1) is 0 Å². The number of nitrogens with zero attached hydrogens (tertiary/aromatic N) is 1. The zero-order valence-electron chi connectivity index (χ0n) is 12.9. The molecule has 1 N–H and O–H groups in total. The van der Waals surface area contributed by atoms with E-state index in [0.717, 1.165) is 6.20 Å². The van der Waals surface area contributed by atoms with Gasteiger partial charge in [0.05, 0.1) is 5.56 Å². The summed E-state index contributed by atoms with van der Waals surface area (Å²) in [4.78, 5) is 23.8. The summed E-state index contributed by atoms with van der Waals surface area (Å²) in [7, 11) is 0. The molecule has 7 heteroatoms. The molecule has 1 heterocycles. The van der Waals surface area contributed by atoms with Gasteiger partial charge < -0.3 is 9.88 Å². The smallest absolute Gasteiger partial charge is 0.337 e. The van der Waals surface area contributed by atoms with Crippen LogP contribution in [-0.2, 0) is 11.3 Å². The minimum Gasteiger partial charge on any atom is -0.337 e. The topological polar surface area (TPSA) is 51.1 Å². The van der Waals surface area contributed by atoms with Gasteiger partial charge in [-0.3, -0.25) is 9.59 Å². The lowest BCUT2D eigenvalue weighted by Crippen LogP contribution is -2.22. The minimum absolute atomic E-state index is 0.164. The predicted molar refractivity (Wildman–Crippen MR) is 87.4 cm³/mol. The van der Waals surface area contributed by atoms with Crippen LogP contribution >= 0.6 is 0 Å². The maximum Gasteiger partial charge on any atom is 0.454 e. The van der Waals surface area contributed by atoms with Crippen molar-refractivity contribution in [3.05, 3.63) is 66.4 Å². The van der Waals surface area contributed by atoms with Crippen LogP contribution in [0.1, 0.15) is 10.4 Å². The molecule has 0 saturated carbocycles. The van der Waals surface area contributed by atoms with Crippen LogP contribution in [0.3, 0.4) is 0 Å². The van der Waals surface area contributed by atoms with Crippen LogP contribution in [0.15, 0.2) is 60.8 Å². The van der Waals surface area contributed by atoms with Crippen molar-refractivity contribution in [3.8, 4) is 0 Å². The quantitative estimate of drug-likeness (QED) is 0.725. The van der Waals surface area contributed by atoms with E-state index in [1.807, 2.05) is 0 Å². The summed E-state index contributed by atoms with van der Waals surface area (Å²) in [6, 6.07) is 14.9. The molecule has 0 fully saturated rings. The summed E-state index contributed by atoms with van der Waals surface area (Å²) < 4.78 is 39.7. The number of anilines is 1. The van der Waals surface area contributed by atoms with E-state index < -0.39 is 23.4 Å². The van der Waals surface area contributed by atoms with E-state index in [1.54, 1.807) is 48.5 Å². The number of alkyl halides is 3. The van der Waals surface area contributed by atoms with Crippen molar-refractivity contribution in [2.45, 2.75) is 12.7 Å². The van der Waals surface area contributed by atoms with Crippen molar-refractivity contribution in [1.82, 2.24) is 4.57 Å². The van der Waals surface area contributed by atoms with Gasteiger partial charge in [-0.1, -0.05) is 36.4 Å². The molecule has 0 atom stereocenters. The van der Waals surface area contributed by atoms with Crippen LogP contribution in [0.4, 0.5) is 18.9 Å². The van der Waals surface area contributed by atoms with E-state index in [9.17, 15) is 22.8 Å². The second kappa shape index (κ2) is 6.43.